The van der Waals surface area contributed by atoms with Gasteiger partial charge in [0.2, 0.25) is 5.95 Å². The quantitative estimate of drug-likeness (QED) is 0.686. The second-order valence-electron chi connectivity index (χ2n) is 5.46. The van der Waals surface area contributed by atoms with Gasteiger partial charge in [0.15, 0.2) is 5.65 Å². The van der Waals surface area contributed by atoms with E-state index in [1.807, 2.05) is 18.2 Å². The smallest absolute Gasteiger partial charge is 0.224 e. The van der Waals surface area contributed by atoms with Crippen molar-refractivity contribution in [3.63, 3.8) is 0 Å². The van der Waals surface area contributed by atoms with Crippen LogP contribution in [0.3, 0.4) is 0 Å². The van der Waals surface area contributed by atoms with Gasteiger partial charge in [0.05, 0.1) is 17.3 Å². The van der Waals surface area contributed by atoms with Crippen LogP contribution < -0.4 is 16.8 Å². The Hall–Kier alpha value is -2.89. The normalized spacial score (nSPS) is 11.0. The van der Waals surface area contributed by atoms with Gasteiger partial charge in [-0.25, -0.2) is 4.98 Å². The van der Waals surface area contributed by atoms with Crippen molar-refractivity contribution in [3.05, 3.63) is 42.1 Å². The van der Waals surface area contributed by atoms with Crippen LogP contribution in [0.25, 0.3) is 11.0 Å². The third-order valence-corrected chi connectivity index (χ3v) is 3.46. The van der Waals surface area contributed by atoms with Crippen LogP contribution in [0.15, 0.2) is 36.5 Å². The van der Waals surface area contributed by atoms with Gasteiger partial charge < -0.3 is 16.8 Å². The number of pyridine rings is 1. The molecular weight excluding hydrogens is 276 g/mol. The number of nitrogen functional groups attached to an aromatic ring is 2. The fraction of sp³-hybridized carbons (Fsp3) is 0.188. The summed E-state index contributed by atoms with van der Waals surface area (Å²) in [6.45, 7) is 4.34. The molecule has 0 saturated heterocycles. The number of rotatable bonds is 3. The monoisotopic (exact) mass is 294 g/mol. The lowest BCUT2D eigenvalue weighted by Crippen LogP contribution is -2.02. The highest BCUT2D eigenvalue weighted by Gasteiger charge is 2.06. The molecule has 3 aromatic rings. The SMILES string of the molecule is CC(C)c1ccc(Nc2cnc3nc(N)nc(N)c3c2)cc1. The second-order valence-corrected chi connectivity index (χ2v) is 5.46. The molecule has 0 bridgehead atoms. The van der Waals surface area contributed by atoms with Gasteiger partial charge in [0.1, 0.15) is 5.82 Å². The number of nitrogens with one attached hydrogen (secondary N) is 1. The number of anilines is 4. The van der Waals surface area contributed by atoms with E-state index in [2.05, 4.69) is 46.2 Å². The maximum atomic E-state index is 5.87. The molecule has 0 saturated carbocycles. The highest BCUT2D eigenvalue weighted by Crippen LogP contribution is 2.24. The van der Waals surface area contributed by atoms with E-state index in [9.17, 15) is 0 Å². The average molecular weight is 294 g/mol. The number of hydrogen-bond acceptors (Lipinski definition) is 6. The first-order valence-electron chi connectivity index (χ1n) is 7.08. The van der Waals surface area contributed by atoms with Crippen LogP contribution in [0.4, 0.5) is 23.1 Å². The lowest BCUT2D eigenvalue weighted by Gasteiger charge is -2.10. The lowest BCUT2D eigenvalue weighted by molar-refractivity contribution is 0.867. The zero-order chi connectivity index (χ0) is 15.7. The van der Waals surface area contributed by atoms with Crippen molar-refractivity contribution >= 4 is 34.2 Å². The molecule has 0 aliphatic rings. The summed E-state index contributed by atoms with van der Waals surface area (Å²) >= 11 is 0. The number of fused-ring (bicyclic) bond motifs is 1. The third-order valence-electron chi connectivity index (χ3n) is 3.46. The molecule has 6 nitrogen and oxygen atoms in total. The van der Waals surface area contributed by atoms with E-state index in [0.717, 1.165) is 11.4 Å². The summed E-state index contributed by atoms with van der Waals surface area (Å²) in [4.78, 5) is 12.3. The van der Waals surface area contributed by atoms with Gasteiger partial charge in [0.25, 0.3) is 0 Å². The number of nitrogens with two attached hydrogens (primary N) is 2. The Bertz CT molecular complexity index is 811. The van der Waals surface area contributed by atoms with Gasteiger partial charge in [-0.1, -0.05) is 26.0 Å². The van der Waals surface area contributed by atoms with Gasteiger partial charge in [-0.15, -0.1) is 0 Å². The third kappa shape index (κ3) is 2.76. The largest absolute Gasteiger partial charge is 0.383 e. The maximum absolute atomic E-state index is 5.87. The molecule has 6 heteroatoms. The molecule has 1 aromatic carbocycles. The van der Waals surface area contributed by atoms with E-state index in [0.29, 0.717) is 22.8 Å². The van der Waals surface area contributed by atoms with Gasteiger partial charge in [0, 0.05) is 5.69 Å². The molecular formula is C16H18N6. The van der Waals surface area contributed by atoms with Crippen LogP contribution in [0.2, 0.25) is 0 Å². The van der Waals surface area contributed by atoms with E-state index >= 15 is 0 Å². The zero-order valence-corrected chi connectivity index (χ0v) is 12.5. The van der Waals surface area contributed by atoms with E-state index in [-0.39, 0.29) is 5.95 Å². The number of benzene rings is 1. The van der Waals surface area contributed by atoms with Crippen molar-refractivity contribution in [2.75, 3.05) is 16.8 Å². The number of nitrogens with zero attached hydrogens (tertiary/aromatic N) is 3. The first kappa shape index (κ1) is 14.1. The summed E-state index contributed by atoms with van der Waals surface area (Å²) in [7, 11) is 0. The van der Waals surface area contributed by atoms with Gasteiger partial charge in [-0.05, 0) is 29.7 Å². The van der Waals surface area contributed by atoms with E-state index in [1.165, 1.54) is 5.56 Å². The highest BCUT2D eigenvalue weighted by molar-refractivity contribution is 5.89. The lowest BCUT2D eigenvalue weighted by atomic mass is 10.0. The van der Waals surface area contributed by atoms with E-state index in [1.54, 1.807) is 6.20 Å². The topological polar surface area (TPSA) is 103 Å². The Balaban J connectivity index is 1.90. The minimum absolute atomic E-state index is 0.127. The van der Waals surface area contributed by atoms with Crippen LogP contribution in [-0.2, 0) is 0 Å². The van der Waals surface area contributed by atoms with Crippen LogP contribution in [0.1, 0.15) is 25.3 Å². The molecule has 0 radical (unpaired) electrons. The summed E-state index contributed by atoms with van der Waals surface area (Å²) in [6, 6.07) is 10.2. The molecule has 5 N–H and O–H groups in total. The summed E-state index contributed by atoms with van der Waals surface area (Å²) in [6.07, 6.45) is 1.70. The molecule has 0 aliphatic carbocycles. The molecule has 2 heterocycles. The summed E-state index contributed by atoms with van der Waals surface area (Å²) in [5.41, 5.74) is 15.0. The van der Waals surface area contributed by atoms with E-state index in [4.69, 9.17) is 11.5 Å². The molecule has 3 rings (SSSR count). The van der Waals surface area contributed by atoms with Crippen molar-refractivity contribution in [1.82, 2.24) is 15.0 Å². The predicted octanol–water partition coefficient (Wildman–Crippen LogP) is 3.06. The summed E-state index contributed by atoms with van der Waals surface area (Å²) in [5.74, 6) is 0.968. The van der Waals surface area contributed by atoms with Gasteiger partial charge in [-0.3, -0.25) is 0 Å². The van der Waals surface area contributed by atoms with Crippen molar-refractivity contribution in [2.24, 2.45) is 0 Å². The molecule has 2 aromatic heterocycles. The average Bonchev–Trinajstić information content (AvgIpc) is 2.48. The Kier molecular flexibility index (Phi) is 3.50. The van der Waals surface area contributed by atoms with E-state index < -0.39 is 0 Å². The maximum Gasteiger partial charge on any atom is 0.224 e. The Labute approximate surface area is 128 Å². The minimum atomic E-state index is 0.127. The molecule has 0 atom stereocenters. The Morgan fingerprint density at radius 2 is 1.73 bits per heavy atom. The molecule has 0 fully saturated rings. The standard InChI is InChI=1S/C16H18N6/c1-9(2)10-3-5-11(6-4-10)20-12-7-13-14(17)21-16(18)22-15(13)19-8-12/h3-9,20H,1-2H3,(H4,17,18,19,21,22). The van der Waals surface area contributed by atoms with Gasteiger partial charge in [-0.2, -0.15) is 9.97 Å². The molecule has 0 aliphatic heterocycles. The molecule has 22 heavy (non-hydrogen) atoms. The fourth-order valence-electron chi connectivity index (χ4n) is 2.24. The summed E-state index contributed by atoms with van der Waals surface area (Å²) < 4.78 is 0. The number of aromatic nitrogens is 3. The molecule has 0 unspecified atom stereocenters. The summed E-state index contributed by atoms with van der Waals surface area (Å²) in [5, 5.41) is 3.98. The first-order chi connectivity index (χ1) is 10.5. The number of hydrogen-bond donors (Lipinski definition) is 3. The van der Waals surface area contributed by atoms with Crippen molar-refractivity contribution in [1.29, 1.82) is 0 Å². The fourth-order valence-corrected chi connectivity index (χ4v) is 2.24. The van der Waals surface area contributed by atoms with Gasteiger partial charge >= 0.3 is 0 Å². The highest BCUT2D eigenvalue weighted by atomic mass is 15.1. The Morgan fingerprint density at radius 3 is 2.41 bits per heavy atom. The van der Waals surface area contributed by atoms with Crippen LogP contribution >= 0.6 is 0 Å². The minimum Gasteiger partial charge on any atom is -0.383 e. The van der Waals surface area contributed by atoms with Crippen LogP contribution in [0, 0.1) is 0 Å². The zero-order valence-electron chi connectivity index (χ0n) is 12.5. The predicted molar refractivity (Wildman–Crippen MR) is 90.0 cm³/mol. The first-order valence-corrected chi connectivity index (χ1v) is 7.08. The van der Waals surface area contributed by atoms with Crippen molar-refractivity contribution in [3.8, 4) is 0 Å². The van der Waals surface area contributed by atoms with Crippen molar-refractivity contribution in [2.45, 2.75) is 19.8 Å². The molecule has 0 amide bonds. The Morgan fingerprint density at radius 1 is 1.00 bits per heavy atom. The van der Waals surface area contributed by atoms with Crippen molar-refractivity contribution < 1.29 is 0 Å². The molecule has 0 spiro atoms. The van der Waals surface area contributed by atoms with Crippen LogP contribution in [-0.4, -0.2) is 15.0 Å². The molecule has 112 valence electrons. The second kappa shape index (κ2) is 5.48. The van der Waals surface area contributed by atoms with Crippen LogP contribution in [0.5, 0.6) is 0 Å².